The third-order valence-corrected chi connectivity index (χ3v) is 8.29. The van der Waals surface area contributed by atoms with Gasteiger partial charge in [-0.2, -0.15) is 0 Å². The van der Waals surface area contributed by atoms with Crippen molar-refractivity contribution in [2.24, 2.45) is 5.92 Å². The van der Waals surface area contributed by atoms with Gasteiger partial charge in [-0.05, 0) is 25.7 Å². The molecule has 0 aromatic carbocycles. The van der Waals surface area contributed by atoms with Gasteiger partial charge >= 0.3 is 25.0 Å². The second-order valence-corrected chi connectivity index (χ2v) is 12.5. The minimum Gasteiger partial charge on any atom is -0.480 e. The third-order valence-electron chi connectivity index (χ3n) is 8.29. The summed E-state index contributed by atoms with van der Waals surface area (Å²) in [4.78, 5) is 81.9. The van der Waals surface area contributed by atoms with Crippen molar-refractivity contribution in [3.8, 4) is 0 Å². The smallest absolute Gasteiger partial charge is 0.475 e. The molecule has 0 unspecified atom stereocenters. The number of carbonyl (C=O) groups is 6. The topological polar surface area (TPSA) is 244 Å². The van der Waals surface area contributed by atoms with Crippen molar-refractivity contribution in [2.45, 2.75) is 51.6 Å². The summed E-state index contributed by atoms with van der Waals surface area (Å²) in [7, 11) is -1.70. The Balaban J connectivity index is 0.0000115. The Morgan fingerprint density at radius 2 is 1.06 bits per heavy atom. The zero-order chi connectivity index (χ0) is 35.3. The van der Waals surface area contributed by atoms with E-state index in [2.05, 4.69) is 10.6 Å². The van der Waals surface area contributed by atoms with Crippen LogP contribution in [0.1, 0.15) is 33.6 Å². The fourth-order valence-electron chi connectivity index (χ4n) is 5.73. The Labute approximate surface area is 291 Å². The number of carboxylic acid groups (broad SMARTS) is 3. The number of likely N-dealkylation sites (tertiary alicyclic amines) is 1. The van der Waals surface area contributed by atoms with E-state index in [0.29, 0.717) is 19.4 Å². The molecule has 2 aliphatic rings. The zero-order valence-electron chi connectivity index (χ0n) is 27.7. The number of hydrogen-bond acceptors (Lipinski definition) is 12. The van der Waals surface area contributed by atoms with E-state index >= 15 is 0 Å². The second-order valence-electron chi connectivity index (χ2n) is 12.5. The summed E-state index contributed by atoms with van der Waals surface area (Å²) < 4.78 is 0. The molecular formula is C28H50BCuN7O11. The first-order valence-electron chi connectivity index (χ1n) is 15.9. The largest absolute Gasteiger partial charge is 0.480 e. The molecule has 2 rings (SSSR count). The van der Waals surface area contributed by atoms with Crippen LogP contribution in [0.2, 0.25) is 0 Å². The molecule has 7 N–H and O–H groups in total. The average Bonchev–Trinajstić information content (AvgIpc) is 3.46. The van der Waals surface area contributed by atoms with Crippen molar-refractivity contribution in [3.63, 3.8) is 0 Å². The van der Waals surface area contributed by atoms with E-state index in [9.17, 15) is 54.1 Å². The van der Waals surface area contributed by atoms with Gasteiger partial charge in [-0.1, -0.05) is 13.8 Å². The molecule has 1 radical (unpaired) electrons. The first-order valence-corrected chi connectivity index (χ1v) is 15.9. The van der Waals surface area contributed by atoms with E-state index in [-0.39, 0.29) is 102 Å². The van der Waals surface area contributed by atoms with Crippen molar-refractivity contribution in [3.05, 3.63) is 0 Å². The molecule has 18 nitrogen and oxygen atoms in total. The molecule has 277 valence electrons. The number of hydrogen-bond donors (Lipinski definition) is 7. The quantitative estimate of drug-likeness (QED) is 0.0844. The van der Waals surface area contributed by atoms with Crippen LogP contribution < -0.4 is 10.6 Å². The van der Waals surface area contributed by atoms with Crippen molar-refractivity contribution in [2.75, 3.05) is 85.1 Å². The summed E-state index contributed by atoms with van der Waals surface area (Å²) in [5.74, 6) is -5.87. The number of carboxylic acids is 3. The molecule has 20 heteroatoms. The van der Waals surface area contributed by atoms with Gasteiger partial charge in [-0.3, -0.25) is 48.4 Å². The summed E-state index contributed by atoms with van der Waals surface area (Å²) in [5, 5.41) is 52.7. The number of aliphatic carboxylic acids is 3. The number of carbonyl (C=O) groups excluding carboxylic acids is 3. The van der Waals surface area contributed by atoms with Crippen LogP contribution in [0, 0.1) is 5.92 Å². The van der Waals surface area contributed by atoms with Crippen LogP contribution in [0.4, 0.5) is 0 Å². The predicted octanol–water partition coefficient (Wildman–Crippen LogP) is -3.89. The molecule has 2 heterocycles. The van der Waals surface area contributed by atoms with Crippen LogP contribution in [0.15, 0.2) is 0 Å². The Morgan fingerprint density at radius 1 is 0.667 bits per heavy atom. The molecule has 0 aromatic heterocycles. The average molecular weight is 735 g/mol. The van der Waals surface area contributed by atoms with Crippen LogP contribution in [0.5, 0.6) is 0 Å². The van der Waals surface area contributed by atoms with Crippen molar-refractivity contribution < 1.29 is 71.2 Å². The molecular weight excluding hydrogens is 685 g/mol. The van der Waals surface area contributed by atoms with Crippen LogP contribution >= 0.6 is 0 Å². The zero-order valence-corrected chi connectivity index (χ0v) is 28.7. The molecule has 2 aliphatic heterocycles. The van der Waals surface area contributed by atoms with E-state index < -0.39 is 60.8 Å². The second kappa shape index (κ2) is 21.3. The predicted molar refractivity (Wildman–Crippen MR) is 168 cm³/mol. The standard InChI is InChI=1S/C28H50BN7O11.Cu/c1-19(2)26(27(44)30-20(3)28(45)36-6-4-5-21(36)29(46)47)31-22(37)15-32-7-9-33(16-23(38)39)11-13-35(18-25(42)43)14-12-34(10-8-32)17-24(40)41;/h19-21,26,46-47H,4-18H2,1-3H3,(H,30,44)(H,31,37)(H,38,39)(H,40,41)(H,42,43);/t20-,21+,26+;/m1./s1. The summed E-state index contributed by atoms with van der Waals surface area (Å²) in [5.41, 5.74) is 0. The Bertz CT molecular complexity index is 1070. The van der Waals surface area contributed by atoms with E-state index in [1.807, 2.05) is 0 Å². The SMILES string of the molecule is CC(C)[C@H](NC(=O)CN1CCN(CC(=O)O)CCN(CC(=O)O)CCN(CC(=O)O)CC1)C(=O)N[C@H](C)C(=O)N1CCC[C@H]1B(O)O.[Cu]. The number of rotatable bonds is 14. The van der Waals surface area contributed by atoms with Crippen molar-refractivity contribution >= 4 is 42.7 Å². The van der Waals surface area contributed by atoms with E-state index in [4.69, 9.17) is 0 Å². The first kappa shape index (κ1) is 43.2. The van der Waals surface area contributed by atoms with Gasteiger partial charge in [0.15, 0.2) is 0 Å². The van der Waals surface area contributed by atoms with Gasteiger partial charge in [0.2, 0.25) is 17.7 Å². The van der Waals surface area contributed by atoms with Gasteiger partial charge in [0.25, 0.3) is 0 Å². The fraction of sp³-hybridized carbons (Fsp3) is 0.786. The maximum atomic E-state index is 13.3. The summed E-state index contributed by atoms with van der Waals surface area (Å²) >= 11 is 0. The van der Waals surface area contributed by atoms with Gasteiger partial charge in [0.05, 0.1) is 32.1 Å². The van der Waals surface area contributed by atoms with Gasteiger partial charge in [-0.25, -0.2) is 0 Å². The molecule has 0 aromatic rings. The van der Waals surface area contributed by atoms with Crippen LogP contribution in [0.3, 0.4) is 0 Å². The van der Waals surface area contributed by atoms with E-state index in [1.165, 1.54) is 11.8 Å². The normalized spacial score (nSPS) is 20.5. The Morgan fingerprint density at radius 3 is 1.42 bits per heavy atom. The fourth-order valence-corrected chi connectivity index (χ4v) is 5.73. The maximum absolute atomic E-state index is 13.3. The Kier molecular flexibility index (Phi) is 19.2. The molecule has 3 atom stereocenters. The molecule has 0 spiro atoms. The van der Waals surface area contributed by atoms with Gasteiger partial charge in [-0.15, -0.1) is 0 Å². The molecule has 48 heavy (non-hydrogen) atoms. The summed E-state index contributed by atoms with van der Waals surface area (Å²) in [6.45, 7) is 6.11. The van der Waals surface area contributed by atoms with Crippen molar-refractivity contribution in [1.82, 2.24) is 35.1 Å². The van der Waals surface area contributed by atoms with Crippen LogP contribution in [-0.2, 0) is 45.8 Å². The van der Waals surface area contributed by atoms with Gasteiger partial charge in [0, 0.05) is 76.0 Å². The van der Waals surface area contributed by atoms with Gasteiger partial charge in [0.1, 0.15) is 12.1 Å². The molecule has 0 bridgehead atoms. The summed E-state index contributed by atoms with van der Waals surface area (Å²) in [6, 6.07) is -1.99. The monoisotopic (exact) mass is 734 g/mol. The van der Waals surface area contributed by atoms with E-state index in [0.717, 1.165) is 0 Å². The summed E-state index contributed by atoms with van der Waals surface area (Å²) in [6.07, 6.45) is 1.03. The van der Waals surface area contributed by atoms with Gasteiger partial charge < -0.3 is 40.9 Å². The maximum Gasteiger partial charge on any atom is 0.475 e. The van der Waals surface area contributed by atoms with Crippen LogP contribution in [-0.4, -0.2) is 196 Å². The number of amides is 3. The molecule has 3 amide bonds. The molecule has 0 aliphatic carbocycles. The first-order chi connectivity index (χ1) is 22.1. The Hall–Kier alpha value is -2.84. The molecule has 0 saturated carbocycles. The van der Waals surface area contributed by atoms with Crippen LogP contribution in [0.25, 0.3) is 0 Å². The van der Waals surface area contributed by atoms with Crippen molar-refractivity contribution in [1.29, 1.82) is 0 Å². The number of nitrogens with zero attached hydrogens (tertiary/aromatic N) is 5. The minimum absolute atomic E-state index is 0. The minimum atomic E-state index is -1.70. The number of nitrogens with one attached hydrogen (secondary N) is 2. The molecule has 2 saturated heterocycles. The molecule has 2 fully saturated rings. The third kappa shape index (κ3) is 15.2. The van der Waals surface area contributed by atoms with E-state index in [1.54, 1.807) is 33.4 Å².